The van der Waals surface area contributed by atoms with Gasteiger partial charge in [-0.25, -0.2) is 4.39 Å². The highest BCUT2D eigenvalue weighted by molar-refractivity contribution is 5.94. The number of halogens is 1. The van der Waals surface area contributed by atoms with Gasteiger partial charge in [0.25, 0.3) is 0 Å². The number of hydrogen-bond acceptors (Lipinski definition) is 2. The van der Waals surface area contributed by atoms with Gasteiger partial charge < -0.3 is 10.2 Å². The number of carbonyl (C=O) groups excluding carboxylic acids is 1. The van der Waals surface area contributed by atoms with Crippen molar-refractivity contribution in [1.29, 1.82) is 0 Å². The number of benzene rings is 2. The Morgan fingerprint density at radius 1 is 1.14 bits per heavy atom. The highest BCUT2D eigenvalue weighted by Crippen LogP contribution is 2.19. The van der Waals surface area contributed by atoms with Crippen molar-refractivity contribution in [1.82, 2.24) is 0 Å². The molecular formula is C18H21FN2O. The summed E-state index contributed by atoms with van der Waals surface area (Å²) in [7, 11) is 0. The van der Waals surface area contributed by atoms with Crippen molar-refractivity contribution in [3.63, 3.8) is 0 Å². The molecule has 0 saturated carbocycles. The number of likely N-dealkylation sites (N-methyl/N-ethyl adjacent to an activating group) is 1. The molecule has 0 aliphatic carbocycles. The Morgan fingerprint density at radius 3 is 2.36 bits per heavy atom. The lowest BCUT2D eigenvalue weighted by Gasteiger charge is -2.23. The standard InChI is InChI=1S/C18H21FN2O/c1-4-21(15-10-13(2)9-14(3)11-15)12-18(22)20-17-8-6-5-7-16(17)19/h5-11H,4,12H2,1-3H3,(H,20,22). The maximum absolute atomic E-state index is 13.6. The van der Waals surface area contributed by atoms with E-state index in [0.29, 0.717) is 6.54 Å². The molecule has 3 nitrogen and oxygen atoms in total. The summed E-state index contributed by atoms with van der Waals surface area (Å²) < 4.78 is 13.6. The SMILES string of the molecule is CCN(CC(=O)Nc1ccccc1F)c1cc(C)cc(C)c1. The van der Waals surface area contributed by atoms with Crippen LogP contribution in [0.5, 0.6) is 0 Å². The number of carbonyl (C=O) groups is 1. The van der Waals surface area contributed by atoms with Crippen LogP contribution in [0.2, 0.25) is 0 Å². The van der Waals surface area contributed by atoms with Gasteiger partial charge >= 0.3 is 0 Å². The van der Waals surface area contributed by atoms with Gasteiger partial charge in [-0.05, 0) is 56.2 Å². The molecule has 0 aliphatic heterocycles. The van der Waals surface area contributed by atoms with E-state index in [1.165, 1.54) is 6.07 Å². The highest BCUT2D eigenvalue weighted by atomic mass is 19.1. The summed E-state index contributed by atoms with van der Waals surface area (Å²) in [5.74, 6) is -0.656. The lowest BCUT2D eigenvalue weighted by atomic mass is 10.1. The number of nitrogens with one attached hydrogen (secondary N) is 1. The first-order valence-corrected chi connectivity index (χ1v) is 7.37. The number of para-hydroxylation sites is 1. The van der Waals surface area contributed by atoms with E-state index in [9.17, 15) is 9.18 Å². The minimum atomic E-state index is -0.426. The molecule has 1 N–H and O–H groups in total. The lowest BCUT2D eigenvalue weighted by molar-refractivity contribution is -0.115. The van der Waals surface area contributed by atoms with Crippen molar-refractivity contribution >= 4 is 17.3 Å². The minimum absolute atomic E-state index is 0.188. The number of aryl methyl sites for hydroxylation is 2. The van der Waals surface area contributed by atoms with Crippen molar-refractivity contribution < 1.29 is 9.18 Å². The number of rotatable bonds is 5. The summed E-state index contributed by atoms with van der Waals surface area (Å²) in [5, 5.41) is 2.62. The van der Waals surface area contributed by atoms with Crippen molar-refractivity contribution in [3.05, 3.63) is 59.4 Å². The molecule has 0 aliphatic rings. The van der Waals surface area contributed by atoms with Gasteiger partial charge in [0.05, 0.1) is 12.2 Å². The van der Waals surface area contributed by atoms with Crippen LogP contribution in [0.3, 0.4) is 0 Å². The molecule has 4 heteroatoms. The third kappa shape index (κ3) is 4.07. The summed E-state index contributed by atoms with van der Waals surface area (Å²) in [5.41, 5.74) is 3.53. The molecule has 0 fully saturated rings. The summed E-state index contributed by atoms with van der Waals surface area (Å²) in [4.78, 5) is 14.1. The topological polar surface area (TPSA) is 32.3 Å². The van der Waals surface area contributed by atoms with E-state index < -0.39 is 5.82 Å². The first kappa shape index (κ1) is 16.0. The molecule has 1 amide bonds. The fraction of sp³-hybridized carbons (Fsp3) is 0.278. The average molecular weight is 300 g/mol. The second-order valence-corrected chi connectivity index (χ2v) is 5.39. The predicted molar refractivity (Wildman–Crippen MR) is 88.8 cm³/mol. The van der Waals surface area contributed by atoms with Crippen LogP contribution in [0.1, 0.15) is 18.1 Å². The number of nitrogens with zero attached hydrogens (tertiary/aromatic N) is 1. The van der Waals surface area contributed by atoms with Gasteiger partial charge in [-0.3, -0.25) is 4.79 Å². The van der Waals surface area contributed by atoms with E-state index in [4.69, 9.17) is 0 Å². The van der Waals surface area contributed by atoms with E-state index in [1.807, 2.05) is 37.8 Å². The first-order valence-electron chi connectivity index (χ1n) is 7.37. The maximum Gasteiger partial charge on any atom is 0.243 e. The maximum atomic E-state index is 13.6. The Bertz CT molecular complexity index is 650. The third-order valence-corrected chi connectivity index (χ3v) is 3.44. The predicted octanol–water partition coefficient (Wildman–Crippen LogP) is 3.91. The summed E-state index contributed by atoms with van der Waals surface area (Å²) in [6, 6.07) is 12.4. The van der Waals surface area contributed by atoms with E-state index >= 15 is 0 Å². The van der Waals surface area contributed by atoms with E-state index in [2.05, 4.69) is 11.4 Å². The average Bonchev–Trinajstić information content (AvgIpc) is 2.46. The minimum Gasteiger partial charge on any atom is -0.362 e. The van der Waals surface area contributed by atoms with Crippen LogP contribution in [-0.4, -0.2) is 19.0 Å². The molecule has 0 saturated heterocycles. The van der Waals surface area contributed by atoms with Crippen LogP contribution < -0.4 is 10.2 Å². The fourth-order valence-corrected chi connectivity index (χ4v) is 2.44. The monoisotopic (exact) mass is 300 g/mol. The van der Waals surface area contributed by atoms with Crippen LogP contribution in [0.25, 0.3) is 0 Å². The van der Waals surface area contributed by atoms with Crippen LogP contribution in [0, 0.1) is 19.7 Å². The Kier molecular flexibility index (Phi) is 5.15. The zero-order valence-electron chi connectivity index (χ0n) is 13.2. The Hall–Kier alpha value is -2.36. The number of amides is 1. The van der Waals surface area contributed by atoms with Gasteiger partial charge in [-0.2, -0.15) is 0 Å². The second kappa shape index (κ2) is 7.07. The van der Waals surface area contributed by atoms with Crippen molar-refractivity contribution in [2.75, 3.05) is 23.3 Å². The first-order chi connectivity index (χ1) is 10.5. The molecule has 0 heterocycles. The number of hydrogen-bond donors (Lipinski definition) is 1. The molecule has 0 atom stereocenters. The van der Waals surface area contributed by atoms with Gasteiger partial charge in [-0.1, -0.05) is 18.2 Å². The van der Waals surface area contributed by atoms with Crippen LogP contribution >= 0.6 is 0 Å². The summed E-state index contributed by atoms with van der Waals surface area (Å²) >= 11 is 0. The molecule has 0 radical (unpaired) electrons. The molecule has 0 aromatic heterocycles. The molecule has 22 heavy (non-hydrogen) atoms. The summed E-state index contributed by atoms with van der Waals surface area (Å²) in [6.45, 7) is 6.95. The quantitative estimate of drug-likeness (QED) is 0.908. The van der Waals surface area contributed by atoms with Gasteiger partial charge in [0.2, 0.25) is 5.91 Å². The Balaban J connectivity index is 2.09. The molecule has 0 spiro atoms. The molecule has 2 aromatic carbocycles. The highest BCUT2D eigenvalue weighted by Gasteiger charge is 2.12. The zero-order valence-corrected chi connectivity index (χ0v) is 13.2. The van der Waals surface area contributed by atoms with Crippen molar-refractivity contribution in [2.24, 2.45) is 0 Å². The summed E-state index contributed by atoms with van der Waals surface area (Å²) in [6.07, 6.45) is 0. The molecule has 0 bridgehead atoms. The van der Waals surface area contributed by atoms with E-state index in [0.717, 1.165) is 16.8 Å². The zero-order chi connectivity index (χ0) is 16.1. The van der Waals surface area contributed by atoms with Gasteiger partial charge in [-0.15, -0.1) is 0 Å². The van der Waals surface area contributed by atoms with Crippen LogP contribution in [0.4, 0.5) is 15.8 Å². The second-order valence-electron chi connectivity index (χ2n) is 5.39. The van der Waals surface area contributed by atoms with E-state index in [1.54, 1.807) is 18.2 Å². The molecular weight excluding hydrogens is 279 g/mol. The largest absolute Gasteiger partial charge is 0.362 e. The van der Waals surface area contributed by atoms with Gasteiger partial charge in [0, 0.05) is 12.2 Å². The van der Waals surface area contributed by atoms with Crippen molar-refractivity contribution in [2.45, 2.75) is 20.8 Å². The van der Waals surface area contributed by atoms with Gasteiger partial charge in [0.15, 0.2) is 0 Å². The van der Waals surface area contributed by atoms with Crippen molar-refractivity contribution in [3.8, 4) is 0 Å². The van der Waals surface area contributed by atoms with Crippen LogP contribution in [0.15, 0.2) is 42.5 Å². The van der Waals surface area contributed by atoms with Gasteiger partial charge in [0.1, 0.15) is 5.82 Å². The Morgan fingerprint density at radius 2 is 1.77 bits per heavy atom. The fourth-order valence-electron chi connectivity index (χ4n) is 2.44. The Labute approximate surface area is 130 Å². The molecule has 116 valence electrons. The third-order valence-electron chi connectivity index (χ3n) is 3.44. The molecule has 0 unspecified atom stereocenters. The van der Waals surface area contributed by atoms with E-state index in [-0.39, 0.29) is 18.1 Å². The molecule has 2 aromatic rings. The number of anilines is 2. The smallest absolute Gasteiger partial charge is 0.243 e. The lowest BCUT2D eigenvalue weighted by Crippen LogP contribution is -2.33. The normalized spacial score (nSPS) is 10.4. The van der Waals surface area contributed by atoms with Crippen LogP contribution in [-0.2, 0) is 4.79 Å². The molecule has 2 rings (SSSR count).